The van der Waals surface area contributed by atoms with E-state index in [4.69, 9.17) is 0 Å². The fourth-order valence-corrected chi connectivity index (χ4v) is 7.75. The molecule has 0 saturated heterocycles. The van der Waals surface area contributed by atoms with E-state index in [0.717, 1.165) is 17.0 Å². The summed E-state index contributed by atoms with van der Waals surface area (Å²) < 4.78 is 0. The van der Waals surface area contributed by atoms with E-state index >= 15 is 0 Å². The Labute approximate surface area is 90.6 Å². The van der Waals surface area contributed by atoms with Gasteiger partial charge in [0.25, 0.3) is 0 Å². The standard InChI is InChI=1S/C13H25P/c1-11(2)14(12-7-3-4-8-12)13-9-5-6-10-13/h11-13H,3-10H2,1-2H3. The van der Waals surface area contributed by atoms with Crippen LogP contribution >= 0.6 is 7.92 Å². The van der Waals surface area contributed by atoms with Gasteiger partial charge in [-0.25, -0.2) is 0 Å². The van der Waals surface area contributed by atoms with E-state index in [9.17, 15) is 0 Å². The summed E-state index contributed by atoms with van der Waals surface area (Å²) in [5.74, 6) is 0. The van der Waals surface area contributed by atoms with Gasteiger partial charge < -0.3 is 0 Å². The van der Waals surface area contributed by atoms with Gasteiger partial charge in [0.2, 0.25) is 0 Å². The molecule has 2 saturated carbocycles. The van der Waals surface area contributed by atoms with Crippen LogP contribution in [0.15, 0.2) is 0 Å². The van der Waals surface area contributed by atoms with Crippen molar-refractivity contribution in [2.24, 2.45) is 0 Å². The molecule has 0 heterocycles. The summed E-state index contributed by atoms with van der Waals surface area (Å²) in [6.45, 7) is 4.98. The number of rotatable bonds is 3. The first-order valence-corrected chi connectivity index (χ1v) is 8.11. The molecule has 0 aliphatic heterocycles. The molecule has 0 nitrogen and oxygen atoms in total. The van der Waals surface area contributed by atoms with Crippen LogP contribution in [0.5, 0.6) is 0 Å². The quantitative estimate of drug-likeness (QED) is 0.591. The summed E-state index contributed by atoms with van der Waals surface area (Å²) in [4.78, 5) is 0. The third-order valence-corrected chi connectivity index (χ3v) is 8.00. The Bertz CT molecular complexity index is 148. The molecule has 0 radical (unpaired) electrons. The van der Waals surface area contributed by atoms with Gasteiger partial charge in [-0.15, -0.1) is 0 Å². The average molecular weight is 212 g/mol. The largest absolute Gasteiger partial charge is 0.0977 e. The monoisotopic (exact) mass is 212 g/mol. The smallest absolute Gasteiger partial charge is 0.0204 e. The first-order chi connectivity index (χ1) is 6.79. The minimum atomic E-state index is 0.378. The third kappa shape index (κ3) is 2.32. The summed E-state index contributed by atoms with van der Waals surface area (Å²) in [7, 11) is 0.378. The van der Waals surface area contributed by atoms with Crippen LogP contribution in [0.25, 0.3) is 0 Å². The lowest BCUT2D eigenvalue weighted by Gasteiger charge is -2.33. The molecule has 1 heteroatoms. The van der Waals surface area contributed by atoms with E-state index in [-0.39, 0.29) is 0 Å². The van der Waals surface area contributed by atoms with Crippen molar-refractivity contribution in [3.05, 3.63) is 0 Å². The highest BCUT2D eigenvalue weighted by molar-refractivity contribution is 7.59. The Balaban J connectivity index is 1.98. The van der Waals surface area contributed by atoms with Crippen LogP contribution < -0.4 is 0 Å². The van der Waals surface area contributed by atoms with Crippen LogP contribution in [0.1, 0.15) is 65.2 Å². The van der Waals surface area contributed by atoms with Gasteiger partial charge in [0, 0.05) is 0 Å². The van der Waals surface area contributed by atoms with Crippen molar-refractivity contribution >= 4 is 7.92 Å². The lowest BCUT2D eigenvalue weighted by atomic mass is 10.3. The van der Waals surface area contributed by atoms with Gasteiger partial charge >= 0.3 is 0 Å². The van der Waals surface area contributed by atoms with Crippen molar-refractivity contribution in [2.75, 3.05) is 0 Å². The second kappa shape index (κ2) is 4.97. The van der Waals surface area contributed by atoms with Crippen LogP contribution in [0, 0.1) is 0 Å². The Kier molecular flexibility index (Phi) is 3.88. The Morgan fingerprint density at radius 1 is 0.786 bits per heavy atom. The van der Waals surface area contributed by atoms with Crippen molar-refractivity contribution in [3.63, 3.8) is 0 Å². The fraction of sp³-hybridized carbons (Fsp3) is 1.00. The molecule has 0 aromatic rings. The maximum Gasteiger partial charge on any atom is -0.0204 e. The minimum absolute atomic E-state index is 0.378. The first kappa shape index (κ1) is 10.9. The van der Waals surface area contributed by atoms with Gasteiger partial charge in [-0.1, -0.05) is 47.5 Å². The molecule has 14 heavy (non-hydrogen) atoms. The van der Waals surface area contributed by atoms with E-state index in [1.807, 2.05) is 0 Å². The Hall–Kier alpha value is 0.430. The molecular formula is C13H25P. The molecule has 2 rings (SSSR count). The van der Waals surface area contributed by atoms with Crippen molar-refractivity contribution in [3.8, 4) is 0 Å². The van der Waals surface area contributed by atoms with E-state index in [0.29, 0.717) is 7.92 Å². The van der Waals surface area contributed by atoms with Crippen molar-refractivity contribution < 1.29 is 0 Å². The van der Waals surface area contributed by atoms with Gasteiger partial charge in [-0.3, -0.25) is 0 Å². The van der Waals surface area contributed by atoms with Crippen molar-refractivity contribution in [2.45, 2.75) is 82.2 Å². The predicted molar refractivity (Wildman–Crippen MR) is 66.6 cm³/mol. The van der Waals surface area contributed by atoms with E-state index in [1.165, 1.54) is 25.7 Å². The first-order valence-electron chi connectivity index (χ1n) is 6.56. The van der Waals surface area contributed by atoms with Gasteiger partial charge in [0.1, 0.15) is 0 Å². The van der Waals surface area contributed by atoms with Crippen LogP contribution in [0.2, 0.25) is 0 Å². The summed E-state index contributed by atoms with van der Waals surface area (Å²) in [6.07, 6.45) is 12.4. The zero-order chi connectivity index (χ0) is 9.97. The zero-order valence-corrected chi connectivity index (χ0v) is 10.7. The van der Waals surface area contributed by atoms with E-state index in [1.54, 1.807) is 25.7 Å². The lowest BCUT2D eigenvalue weighted by Crippen LogP contribution is -2.16. The highest BCUT2D eigenvalue weighted by Gasteiger charge is 2.34. The molecular weight excluding hydrogens is 187 g/mol. The lowest BCUT2D eigenvalue weighted by molar-refractivity contribution is 0.806. The van der Waals surface area contributed by atoms with Crippen LogP contribution in [-0.4, -0.2) is 17.0 Å². The molecule has 0 bridgehead atoms. The average Bonchev–Trinajstić information content (AvgIpc) is 2.75. The van der Waals surface area contributed by atoms with Crippen molar-refractivity contribution in [1.29, 1.82) is 0 Å². The van der Waals surface area contributed by atoms with Gasteiger partial charge in [-0.05, 0) is 42.7 Å². The van der Waals surface area contributed by atoms with Crippen LogP contribution in [-0.2, 0) is 0 Å². The normalized spacial score (nSPS) is 25.7. The molecule has 0 aromatic carbocycles. The fourth-order valence-electron chi connectivity index (χ4n) is 3.55. The van der Waals surface area contributed by atoms with Crippen LogP contribution in [0.3, 0.4) is 0 Å². The maximum atomic E-state index is 2.49. The molecule has 2 aliphatic carbocycles. The summed E-state index contributed by atoms with van der Waals surface area (Å²) in [6, 6.07) is 0. The molecule has 0 unspecified atom stereocenters. The maximum absolute atomic E-state index is 2.49. The van der Waals surface area contributed by atoms with Gasteiger partial charge in [0.15, 0.2) is 0 Å². The van der Waals surface area contributed by atoms with Gasteiger partial charge in [-0.2, -0.15) is 0 Å². The summed E-state index contributed by atoms with van der Waals surface area (Å²) >= 11 is 0. The van der Waals surface area contributed by atoms with E-state index in [2.05, 4.69) is 13.8 Å². The molecule has 0 aromatic heterocycles. The number of hydrogen-bond acceptors (Lipinski definition) is 0. The summed E-state index contributed by atoms with van der Waals surface area (Å²) in [5.41, 5.74) is 3.32. The molecule has 0 spiro atoms. The third-order valence-electron chi connectivity index (χ3n) is 4.09. The Morgan fingerprint density at radius 2 is 1.14 bits per heavy atom. The van der Waals surface area contributed by atoms with Crippen LogP contribution in [0.4, 0.5) is 0 Å². The minimum Gasteiger partial charge on any atom is -0.0977 e. The molecule has 82 valence electrons. The number of hydrogen-bond donors (Lipinski definition) is 0. The highest BCUT2D eigenvalue weighted by atomic mass is 31.1. The summed E-state index contributed by atoms with van der Waals surface area (Å²) in [5, 5.41) is 0. The van der Waals surface area contributed by atoms with Crippen molar-refractivity contribution in [1.82, 2.24) is 0 Å². The second-order valence-corrected chi connectivity index (χ2v) is 8.81. The molecule has 2 fully saturated rings. The highest BCUT2D eigenvalue weighted by Crippen LogP contribution is 2.59. The Morgan fingerprint density at radius 3 is 1.43 bits per heavy atom. The zero-order valence-electron chi connectivity index (χ0n) is 9.84. The molecule has 0 amide bonds. The predicted octanol–water partition coefficient (Wildman–Crippen LogP) is 4.76. The van der Waals surface area contributed by atoms with E-state index < -0.39 is 0 Å². The molecule has 2 aliphatic rings. The SMILES string of the molecule is CC(C)P(C1CCCC1)C1CCCC1. The molecule has 0 N–H and O–H groups in total. The van der Waals surface area contributed by atoms with Gasteiger partial charge in [0.05, 0.1) is 0 Å². The molecule has 0 atom stereocenters. The topological polar surface area (TPSA) is 0 Å². The second-order valence-electron chi connectivity index (χ2n) is 5.42.